The Labute approximate surface area is 126 Å². The average Bonchev–Trinajstić information content (AvgIpc) is 2.46. The highest BCUT2D eigenvalue weighted by atomic mass is 16.6. The molecule has 116 valence electrons. The van der Waals surface area contributed by atoms with Gasteiger partial charge in [-0.2, -0.15) is 0 Å². The van der Waals surface area contributed by atoms with Gasteiger partial charge in [-0.3, -0.25) is 25.0 Å². The topological polar surface area (TPSA) is 107 Å². The van der Waals surface area contributed by atoms with Crippen molar-refractivity contribution in [3.63, 3.8) is 0 Å². The highest BCUT2D eigenvalue weighted by Crippen LogP contribution is 2.25. The molecule has 0 spiro atoms. The van der Waals surface area contributed by atoms with Crippen LogP contribution in [-0.4, -0.2) is 33.7 Å². The minimum Gasteiger partial charge on any atom is -0.335 e. The summed E-state index contributed by atoms with van der Waals surface area (Å²) in [6, 6.07) is 3.23. The van der Waals surface area contributed by atoms with Gasteiger partial charge in [0, 0.05) is 24.7 Å². The molecule has 0 aliphatic rings. The van der Waals surface area contributed by atoms with Gasteiger partial charge in [0.1, 0.15) is 0 Å². The van der Waals surface area contributed by atoms with Gasteiger partial charge < -0.3 is 4.90 Å². The summed E-state index contributed by atoms with van der Waals surface area (Å²) in [4.78, 5) is 33.8. The lowest BCUT2D eigenvalue weighted by atomic mass is 10.1. The molecule has 0 heterocycles. The Morgan fingerprint density at radius 2 is 1.73 bits per heavy atom. The van der Waals surface area contributed by atoms with E-state index in [1.807, 2.05) is 0 Å². The molecular weight excluding hydrogens is 290 g/mol. The van der Waals surface area contributed by atoms with E-state index in [9.17, 15) is 25.0 Å². The van der Waals surface area contributed by atoms with Crippen molar-refractivity contribution in [1.82, 2.24) is 4.90 Å². The Bertz CT molecular complexity index is 617. The van der Waals surface area contributed by atoms with Gasteiger partial charge in [0.05, 0.1) is 22.3 Å². The molecule has 1 rings (SSSR count). The predicted molar refractivity (Wildman–Crippen MR) is 80.4 cm³/mol. The maximum atomic E-state index is 12.2. The van der Waals surface area contributed by atoms with Crippen molar-refractivity contribution in [1.29, 1.82) is 0 Å². The fourth-order valence-electron chi connectivity index (χ4n) is 1.85. The molecule has 8 nitrogen and oxygen atoms in total. The van der Waals surface area contributed by atoms with Gasteiger partial charge in [-0.15, -0.1) is 13.2 Å². The summed E-state index contributed by atoms with van der Waals surface area (Å²) in [6.45, 7) is 7.64. The second-order valence-corrected chi connectivity index (χ2v) is 4.38. The highest BCUT2D eigenvalue weighted by Gasteiger charge is 2.22. The van der Waals surface area contributed by atoms with Crippen molar-refractivity contribution in [2.45, 2.75) is 6.42 Å². The number of amides is 1. The lowest BCUT2D eigenvalue weighted by Crippen LogP contribution is -2.32. The van der Waals surface area contributed by atoms with Crippen molar-refractivity contribution in [2.24, 2.45) is 0 Å². The highest BCUT2D eigenvalue weighted by molar-refractivity contribution is 5.80. The molecule has 0 fully saturated rings. The molecule has 1 amide bonds. The summed E-state index contributed by atoms with van der Waals surface area (Å²) in [5.41, 5.74) is -0.713. The quantitative estimate of drug-likeness (QED) is 0.416. The number of nitrogens with zero attached hydrogens (tertiary/aromatic N) is 3. The first-order valence-corrected chi connectivity index (χ1v) is 6.32. The van der Waals surface area contributed by atoms with Gasteiger partial charge in [-0.05, 0) is 6.07 Å². The van der Waals surface area contributed by atoms with Crippen LogP contribution in [-0.2, 0) is 11.2 Å². The first-order valence-electron chi connectivity index (χ1n) is 6.32. The Morgan fingerprint density at radius 1 is 1.14 bits per heavy atom. The van der Waals surface area contributed by atoms with Crippen molar-refractivity contribution in [3.8, 4) is 0 Å². The zero-order valence-corrected chi connectivity index (χ0v) is 11.8. The molecule has 0 saturated heterocycles. The molecule has 0 aliphatic heterocycles. The van der Waals surface area contributed by atoms with E-state index in [1.165, 1.54) is 23.1 Å². The molecule has 0 aliphatic carbocycles. The molecule has 0 saturated carbocycles. The number of hydrogen-bond donors (Lipinski definition) is 0. The predicted octanol–water partition coefficient (Wildman–Crippen LogP) is 2.25. The van der Waals surface area contributed by atoms with E-state index in [4.69, 9.17) is 0 Å². The first kappa shape index (κ1) is 17.0. The van der Waals surface area contributed by atoms with Crippen LogP contribution < -0.4 is 0 Å². The first-order chi connectivity index (χ1) is 10.4. The summed E-state index contributed by atoms with van der Waals surface area (Å²) in [5, 5.41) is 21.7. The number of hydrogen-bond acceptors (Lipinski definition) is 5. The minimum absolute atomic E-state index is 0.124. The van der Waals surface area contributed by atoms with E-state index in [0.29, 0.717) is 0 Å². The van der Waals surface area contributed by atoms with Gasteiger partial charge in [-0.25, -0.2) is 0 Å². The van der Waals surface area contributed by atoms with Crippen LogP contribution in [0, 0.1) is 20.2 Å². The molecule has 1 aromatic carbocycles. The molecule has 0 bridgehead atoms. The van der Waals surface area contributed by atoms with Crippen LogP contribution in [0.2, 0.25) is 0 Å². The van der Waals surface area contributed by atoms with Crippen LogP contribution in [0.15, 0.2) is 43.5 Å². The molecule has 1 aromatic rings. The average molecular weight is 305 g/mol. The molecule has 22 heavy (non-hydrogen) atoms. The number of nitro groups is 2. The Hall–Kier alpha value is -3.03. The fraction of sp³-hybridized carbons (Fsp3) is 0.214. The van der Waals surface area contributed by atoms with Gasteiger partial charge in [0.15, 0.2) is 0 Å². The third kappa shape index (κ3) is 4.23. The van der Waals surface area contributed by atoms with Gasteiger partial charge >= 0.3 is 0 Å². The summed E-state index contributed by atoms with van der Waals surface area (Å²) >= 11 is 0. The Kier molecular flexibility index (Phi) is 5.94. The zero-order chi connectivity index (χ0) is 16.7. The van der Waals surface area contributed by atoms with E-state index in [0.717, 1.165) is 12.1 Å². The second kappa shape index (κ2) is 7.67. The number of carbonyl (C=O) groups is 1. The molecule has 0 radical (unpaired) electrons. The molecule has 0 unspecified atom stereocenters. The molecule has 0 atom stereocenters. The lowest BCUT2D eigenvalue weighted by molar-refractivity contribution is -0.394. The fourth-order valence-corrected chi connectivity index (χ4v) is 1.85. The summed E-state index contributed by atoms with van der Waals surface area (Å²) in [6.07, 6.45) is 2.84. The van der Waals surface area contributed by atoms with Crippen LogP contribution in [0.25, 0.3) is 0 Å². The number of benzene rings is 1. The van der Waals surface area contributed by atoms with Crippen LogP contribution in [0.3, 0.4) is 0 Å². The van der Waals surface area contributed by atoms with E-state index in [1.54, 1.807) is 0 Å². The minimum atomic E-state index is -0.735. The van der Waals surface area contributed by atoms with Crippen molar-refractivity contribution in [3.05, 3.63) is 69.3 Å². The van der Waals surface area contributed by atoms with Crippen molar-refractivity contribution < 1.29 is 14.6 Å². The van der Waals surface area contributed by atoms with Gasteiger partial charge in [-0.1, -0.05) is 12.2 Å². The molecule has 0 N–H and O–H groups in total. The smallest absolute Gasteiger partial charge is 0.279 e. The number of non-ortho nitro benzene ring substituents is 1. The van der Waals surface area contributed by atoms with Crippen LogP contribution in [0.5, 0.6) is 0 Å². The van der Waals surface area contributed by atoms with Crippen LogP contribution in [0.1, 0.15) is 5.56 Å². The zero-order valence-electron chi connectivity index (χ0n) is 11.8. The lowest BCUT2D eigenvalue weighted by Gasteiger charge is -2.19. The van der Waals surface area contributed by atoms with Crippen LogP contribution in [0.4, 0.5) is 11.4 Å². The van der Waals surface area contributed by atoms with Gasteiger partial charge in [0.2, 0.25) is 5.91 Å². The number of nitro benzene ring substituents is 2. The Balaban J connectivity index is 3.08. The van der Waals surface area contributed by atoms with Crippen molar-refractivity contribution in [2.75, 3.05) is 13.1 Å². The maximum Gasteiger partial charge on any atom is 0.279 e. The molecule has 0 aromatic heterocycles. The Morgan fingerprint density at radius 3 is 2.18 bits per heavy atom. The second-order valence-electron chi connectivity index (χ2n) is 4.38. The molecule has 8 heteroatoms. The molecular formula is C14H15N3O5. The summed E-state index contributed by atoms with van der Waals surface area (Å²) in [5.74, 6) is -0.350. The van der Waals surface area contributed by atoms with Crippen molar-refractivity contribution >= 4 is 17.3 Å². The third-order valence-electron chi connectivity index (χ3n) is 2.87. The third-order valence-corrected chi connectivity index (χ3v) is 2.87. The van der Waals surface area contributed by atoms with E-state index in [-0.39, 0.29) is 31.0 Å². The monoisotopic (exact) mass is 305 g/mol. The van der Waals surface area contributed by atoms with E-state index >= 15 is 0 Å². The normalized spacial score (nSPS) is 9.82. The summed E-state index contributed by atoms with van der Waals surface area (Å²) in [7, 11) is 0. The van der Waals surface area contributed by atoms with E-state index in [2.05, 4.69) is 13.2 Å². The maximum absolute atomic E-state index is 12.2. The number of carbonyl (C=O) groups excluding carboxylic acids is 1. The standard InChI is InChI=1S/C14H15N3O5/c1-3-7-15(8-4-2)14(18)9-11-5-6-12(16(19)20)10-13(11)17(21)22/h3-6,10H,1-2,7-9H2. The summed E-state index contributed by atoms with van der Waals surface area (Å²) < 4.78 is 0. The van der Waals surface area contributed by atoms with Crippen LogP contribution >= 0.6 is 0 Å². The van der Waals surface area contributed by atoms with Gasteiger partial charge in [0.25, 0.3) is 11.4 Å². The number of rotatable bonds is 8. The van der Waals surface area contributed by atoms with E-state index < -0.39 is 21.2 Å². The SMILES string of the molecule is C=CCN(CC=C)C(=O)Cc1ccc([N+](=O)[O-])cc1[N+](=O)[O-]. The largest absolute Gasteiger partial charge is 0.335 e.